The minimum atomic E-state index is -1.79. The summed E-state index contributed by atoms with van der Waals surface area (Å²) in [4.78, 5) is 13.2. The lowest BCUT2D eigenvalue weighted by atomic mass is 9.97. The summed E-state index contributed by atoms with van der Waals surface area (Å²) in [5.74, 6) is -0.251. The Morgan fingerprint density at radius 1 is 0.462 bits per heavy atom. The van der Waals surface area contributed by atoms with Gasteiger partial charge in [-0.2, -0.15) is 0 Å². The highest BCUT2D eigenvalue weighted by Crippen LogP contribution is 2.30. The summed E-state index contributed by atoms with van der Waals surface area (Å²) in [6, 6.07) is -0.927. The van der Waals surface area contributed by atoms with Crippen molar-refractivity contribution < 1.29 is 64.6 Å². The molecule has 14 nitrogen and oxygen atoms in total. The Balaban J connectivity index is 1.51. The molecule has 456 valence electrons. The first-order valence-corrected chi connectivity index (χ1v) is 31.9. The second-order valence-electron chi connectivity index (χ2n) is 22.5. The fourth-order valence-corrected chi connectivity index (χ4v) is 10.3. The van der Waals surface area contributed by atoms with Gasteiger partial charge in [0.25, 0.3) is 0 Å². The van der Waals surface area contributed by atoms with Gasteiger partial charge in [-0.3, -0.25) is 4.79 Å². The van der Waals surface area contributed by atoms with E-state index in [1.165, 1.54) is 180 Å². The molecule has 14 heteroatoms. The highest BCUT2D eigenvalue weighted by Gasteiger charge is 2.51. The normalized spacial score (nSPS) is 24.8. The molecule has 0 aliphatic carbocycles. The zero-order chi connectivity index (χ0) is 56.7. The van der Waals surface area contributed by atoms with Crippen molar-refractivity contribution in [3.05, 3.63) is 48.6 Å². The third-order valence-corrected chi connectivity index (χ3v) is 15.5. The maximum Gasteiger partial charge on any atom is 0.220 e. The predicted octanol–water partition coefficient (Wildman–Crippen LogP) is 11.6. The zero-order valence-corrected chi connectivity index (χ0v) is 49.2. The van der Waals surface area contributed by atoms with Gasteiger partial charge in [0.15, 0.2) is 12.6 Å². The first kappa shape index (κ1) is 72.1. The monoisotopic (exact) mass is 1110 g/mol. The molecule has 78 heavy (non-hydrogen) atoms. The summed E-state index contributed by atoms with van der Waals surface area (Å²) < 4.78 is 22.6. The lowest BCUT2D eigenvalue weighted by molar-refractivity contribution is -0.359. The van der Waals surface area contributed by atoms with Crippen LogP contribution in [-0.2, 0) is 23.7 Å². The summed E-state index contributed by atoms with van der Waals surface area (Å²) in [5, 5.41) is 86.6. The van der Waals surface area contributed by atoms with Crippen LogP contribution < -0.4 is 5.32 Å². The molecule has 2 saturated heterocycles. The van der Waals surface area contributed by atoms with Gasteiger partial charge in [0.05, 0.1) is 32.0 Å². The molecule has 2 fully saturated rings. The van der Waals surface area contributed by atoms with E-state index < -0.39 is 86.8 Å². The quantitative estimate of drug-likeness (QED) is 0.0204. The molecule has 12 unspecified atom stereocenters. The van der Waals surface area contributed by atoms with Crippen LogP contribution in [0.25, 0.3) is 0 Å². The number of carbonyl (C=O) groups is 1. The van der Waals surface area contributed by atoms with E-state index in [1.54, 1.807) is 6.08 Å². The molecule has 0 spiro atoms. The van der Waals surface area contributed by atoms with Crippen LogP contribution in [0.1, 0.15) is 258 Å². The van der Waals surface area contributed by atoms with E-state index in [9.17, 15) is 45.6 Å². The molecule has 0 saturated carbocycles. The number of hydrogen-bond acceptors (Lipinski definition) is 13. The molecule has 0 aromatic rings. The molecule has 2 heterocycles. The van der Waals surface area contributed by atoms with Crippen molar-refractivity contribution in [2.75, 3.05) is 19.8 Å². The summed E-state index contributed by atoms with van der Waals surface area (Å²) in [7, 11) is 0. The predicted molar refractivity (Wildman–Crippen MR) is 314 cm³/mol. The van der Waals surface area contributed by atoms with Crippen LogP contribution >= 0.6 is 0 Å². The van der Waals surface area contributed by atoms with E-state index in [0.29, 0.717) is 12.8 Å². The highest BCUT2D eigenvalue weighted by molar-refractivity contribution is 5.76. The first-order chi connectivity index (χ1) is 38.1. The van der Waals surface area contributed by atoms with Gasteiger partial charge in [-0.05, 0) is 57.8 Å². The molecule has 2 aliphatic heterocycles. The number of unbranched alkanes of at least 4 members (excludes halogenated alkanes) is 32. The van der Waals surface area contributed by atoms with Gasteiger partial charge in [0.1, 0.15) is 48.8 Å². The Bertz CT molecular complexity index is 1490. The van der Waals surface area contributed by atoms with Crippen molar-refractivity contribution in [1.29, 1.82) is 0 Å². The Kier molecular flexibility index (Phi) is 45.8. The van der Waals surface area contributed by atoms with Crippen molar-refractivity contribution in [2.24, 2.45) is 0 Å². The van der Waals surface area contributed by atoms with Gasteiger partial charge in [-0.25, -0.2) is 0 Å². The minimum Gasteiger partial charge on any atom is -0.394 e. The number of allylic oxidation sites excluding steroid dienone is 7. The third-order valence-electron chi connectivity index (χ3n) is 15.5. The average Bonchev–Trinajstić information content (AvgIpc) is 3.46. The Labute approximate surface area is 473 Å². The van der Waals surface area contributed by atoms with Crippen LogP contribution in [0.4, 0.5) is 0 Å². The molecule has 0 aromatic carbocycles. The maximum atomic E-state index is 13.2. The summed E-state index contributed by atoms with van der Waals surface area (Å²) in [6.45, 7) is 2.65. The minimum absolute atomic E-state index is 0.251. The molecule has 0 radical (unpaired) electrons. The lowest BCUT2D eigenvalue weighted by Gasteiger charge is -2.46. The molecule has 12 atom stereocenters. The number of rotatable bonds is 51. The van der Waals surface area contributed by atoms with Gasteiger partial charge >= 0.3 is 0 Å². The molecule has 9 N–H and O–H groups in total. The van der Waals surface area contributed by atoms with Gasteiger partial charge in [-0.15, -0.1) is 0 Å². The van der Waals surface area contributed by atoms with Gasteiger partial charge in [0.2, 0.25) is 5.91 Å². The van der Waals surface area contributed by atoms with Crippen molar-refractivity contribution in [2.45, 2.75) is 331 Å². The van der Waals surface area contributed by atoms with Crippen LogP contribution in [-0.4, -0.2) is 140 Å². The molecular formula is C64H117NO13. The second kappa shape index (κ2) is 49.5. The van der Waals surface area contributed by atoms with Crippen LogP contribution in [0.5, 0.6) is 0 Å². The topological polar surface area (TPSA) is 228 Å². The Morgan fingerprint density at radius 3 is 1.37 bits per heavy atom. The standard InChI is InChI=1S/C64H117NO13/c1-3-5-7-9-11-12-13-14-15-16-17-18-19-20-21-22-23-24-25-26-27-28-29-30-31-32-33-34-35-36-37-38-39-40-42-44-46-48-56(69)65-52(53(68)47-45-43-41-10-8-6-4-2)51-75-63-61(74)59(72)62(55(50-67)77-63)78-64-60(73)58(71)57(70)54(49-66)76-64/h8,10,13-14,16-17,45,47,52-55,57-64,66-68,70-74H,3-7,9,11-12,15,18-44,46,48-51H2,1-2H3,(H,65,69)/b10-8+,14-13-,17-16-,47-45+. The number of hydrogen-bond donors (Lipinski definition) is 9. The van der Waals surface area contributed by atoms with E-state index in [4.69, 9.17) is 18.9 Å². The van der Waals surface area contributed by atoms with E-state index in [-0.39, 0.29) is 18.9 Å². The fraction of sp³-hybridized carbons (Fsp3) is 0.859. The molecule has 2 aliphatic rings. The van der Waals surface area contributed by atoms with Crippen LogP contribution in [0.3, 0.4) is 0 Å². The van der Waals surface area contributed by atoms with Crippen molar-refractivity contribution in [1.82, 2.24) is 5.32 Å². The number of nitrogens with one attached hydrogen (secondary N) is 1. The fourth-order valence-electron chi connectivity index (χ4n) is 10.3. The van der Waals surface area contributed by atoms with Gasteiger partial charge < -0.3 is 65.1 Å². The van der Waals surface area contributed by atoms with Crippen molar-refractivity contribution in [3.63, 3.8) is 0 Å². The third kappa shape index (κ3) is 34.4. The average molecular weight is 1110 g/mol. The highest BCUT2D eigenvalue weighted by atomic mass is 16.7. The van der Waals surface area contributed by atoms with Gasteiger partial charge in [0, 0.05) is 6.42 Å². The zero-order valence-electron chi connectivity index (χ0n) is 49.2. The van der Waals surface area contributed by atoms with E-state index in [1.807, 2.05) is 6.08 Å². The smallest absolute Gasteiger partial charge is 0.220 e. The van der Waals surface area contributed by atoms with Crippen molar-refractivity contribution >= 4 is 5.91 Å². The number of aliphatic hydroxyl groups excluding tert-OH is 8. The summed E-state index contributed by atoms with van der Waals surface area (Å²) >= 11 is 0. The lowest BCUT2D eigenvalue weighted by Crippen LogP contribution is -2.65. The summed E-state index contributed by atoms with van der Waals surface area (Å²) in [6.07, 6.45) is 46.8. The molecule has 1 amide bonds. The SMILES string of the molecule is CCC/C=C/CC/C=C/C(O)C(COC1OC(CO)C(OC2OC(CO)C(O)C(O)C2O)C(O)C1O)NC(=O)CCCCCCCCCCCCCCCCCCCCCCCCCCC/C=C\C/C=C\CCCCCCC. The van der Waals surface area contributed by atoms with Crippen LogP contribution in [0.15, 0.2) is 48.6 Å². The Morgan fingerprint density at radius 2 is 0.885 bits per heavy atom. The molecule has 2 rings (SSSR count). The van der Waals surface area contributed by atoms with E-state index >= 15 is 0 Å². The van der Waals surface area contributed by atoms with Gasteiger partial charge in [-0.1, -0.05) is 242 Å². The van der Waals surface area contributed by atoms with Crippen LogP contribution in [0.2, 0.25) is 0 Å². The number of ether oxygens (including phenoxy) is 4. The number of aliphatic hydroxyl groups is 8. The summed E-state index contributed by atoms with van der Waals surface area (Å²) in [5.41, 5.74) is 0. The second-order valence-corrected chi connectivity index (χ2v) is 22.5. The maximum absolute atomic E-state index is 13.2. The molecular weight excluding hydrogens is 991 g/mol. The Hall–Kier alpha value is -2.05. The number of amides is 1. The van der Waals surface area contributed by atoms with Crippen molar-refractivity contribution in [3.8, 4) is 0 Å². The van der Waals surface area contributed by atoms with Crippen LogP contribution in [0, 0.1) is 0 Å². The van der Waals surface area contributed by atoms with E-state index in [0.717, 1.165) is 44.9 Å². The number of carbonyl (C=O) groups excluding carboxylic acids is 1. The molecule has 0 aromatic heterocycles. The molecule has 0 bridgehead atoms. The first-order valence-electron chi connectivity index (χ1n) is 31.9. The largest absolute Gasteiger partial charge is 0.394 e. The van der Waals surface area contributed by atoms with E-state index in [2.05, 4.69) is 55.6 Å².